The van der Waals surface area contributed by atoms with Crippen LogP contribution in [-0.2, 0) is 4.79 Å². The van der Waals surface area contributed by atoms with E-state index in [9.17, 15) is 4.79 Å². The fourth-order valence-electron chi connectivity index (χ4n) is 3.47. The largest absolute Gasteiger partial charge is 0.467 e. The Balaban J connectivity index is 1.73. The highest BCUT2D eigenvalue weighted by Gasteiger charge is 2.36. The topological polar surface area (TPSA) is 85.0 Å². The number of nitrogens with one attached hydrogen (secondary N) is 2. The first kappa shape index (κ1) is 20.3. The Hall–Kier alpha value is -3.00. The number of hydrogen-bond acceptors (Lipinski definition) is 6. The van der Waals surface area contributed by atoms with E-state index in [4.69, 9.17) is 4.42 Å². The third kappa shape index (κ3) is 3.75. The van der Waals surface area contributed by atoms with Gasteiger partial charge in [-0.25, -0.2) is 4.68 Å². The lowest BCUT2D eigenvalue weighted by Crippen LogP contribution is -2.31. The third-order valence-corrected chi connectivity index (χ3v) is 6.22. The smallest absolute Gasteiger partial charge is 0.256 e. The molecule has 0 aliphatic carbocycles. The molecule has 1 aromatic carbocycles. The van der Waals surface area contributed by atoms with Crippen LogP contribution >= 0.6 is 11.8 Å². The number of carbonyl (C=O) groups excluding carboxylic acids is 1. The predicted molar refractivity (Wildman–Crippen MR) is 119 cm³/mol. The lowest BCUT2D eigenvalue weighted by Gasteiger charge is -2.27. The Morgan fingerprint density at radius 1 is 1.27 bits per heavy atom. The number of furan rings is 1. The lowest BCUT2D eigenvalue weighted by atomic mass is 9.99. The number of amides is 1. The van der Waals surface area contributed by atoms with Gasteiger partial charge in [0.05, 0.1) is 11.8 Å². The van der Waals surface area contributed by atoms with Gasteiger partial charge in [0.25, 0.3) is 5.91 Å². The van der Waals surface area contributed by atoms with E-state index in [1.165, 1.54) is 0 Å². The molecule has 2 aromatic heterocycles. The predicted octanol–water partition coefficient (Wildman–Crippen LogP) is 4.92. The van der Waals surface area contributed by atoms with Crippen LogP contribution in [0.2, 0.25) is 0 Å². The van der Waals surface area contributed by atoms with Gasteiger partial charge in [-0.05, 0) is 56.5 Å². The number of rotatable bonds is 6. The minimum Gasteiger partial charge on any atom is -0.467 e. The van der Waals surface area contributed by atoms with Crippen molar-refractivity contribution in [2.75, 3.05) is 16.4 Å². The van der Waals surface area contributed by atoms with Crippen molar-refractivity contribution < 1.29 is 9.21 Å². The highest BCUT2D eigenvalue weighted by molar-refractivity contribution is 7.99. The fourth-order valence-corrected chi connectivity index (χ4v) is 4.15. The Kier molecular flexibility index (Phi) is 5.67. The van der Waals surface area contributed by atoms with Crippen molar-refractivity contribution in [1.29, 1.82) is 0 Å². The van der Waals surface area contributed by atoms with Gasteiger partial charge in [-0.3, -0.25) is 4.79 Å². The van der Waals surface area contributed by atoms with Crippen molar-refractivity contribution in [1.82, 2.24) is 14.8 Å². The first-order valence-corrected chi connectivity index (χ1v) is 11.0. The van der Waals surface area contributed by atoms with Crippen LogP contribution in [0.25, 0.3) is 0 Å². The summed E-state index contributed by atoms with van der Waals surface area (Å²) in [5.74, 6) is 1.98. The van der Waals surface area contributed by atoms with Gasteiger partial charge in [0.1, 0.15) is 11.8 Å². The SMILES string of the molecule is CCCSc1nc2n(n1)C(c1ccco1)C(C(=O)Nc1cccc(C)c1C)=C(C)N2. The van der Waals surface area contributed by atoms with E-state index in [0.717, 1.165) is 34.7 Å². The summed E-state index contributed by atoms with van der Waals surface area (Å²) in [6, 6.07) is 9.06. The molecule has 1 aliphatic heterocycles. The second-order valence-corrected chi connectivity index (χ2v) is 8.36. The van der Waals surface area contributed by atoms with E-state index in [1.807, 2.05) is 51.1 Å². The first-order chi connectivity index (χ1) is 14.5. The molecule has 7 nitrogen and oxygen atoms in total. The maximum atomic E-state index is 13.4. The van der Waals surface area contributed by atoms with Crippen LogP contribution in [-0.4, -0.2) is 26.4 Å². The highest BCUT2D eigenvalue weighted by Crippen LogP contribution is 2.37. The fraction of sp³-hybridized carbons (Fsp3) is 0.318. The molecule has 1 aliphatic rings. The van der Waals surface area contributed by atoms with Gasteiger partial charge in [-0.2, -0.15) is 4.98 Å². The molecular weight excluding hydrogens is 398 g/mol. The Morgan fingerprint density at radius 2 is 2.10 bits per heavy atom. The second kappa shape index (κ2) is 8.39. The van der Waals surface area contributed by atoms with E-state index in [2.05, 4.69) is 27.6 Å². The summed E-state index contributed by atoms with van der Waals surface area (Å²) in [6.45, 7) is 8.03. The van der Waals surface area contributed by atoms with Gasteiger partial charge in [-0.1, -0.05) is 30.8 Å². The molecule has 0 saturated carbocycles. The number of thioether (sulfide) groups is 1. The van der Waals surface area contributed by atoms with Gasteiger partial charge >= 0.3 is 0 Å². The Labute approximate surface area is 180 Å². The van der Waals surface area contributed by atoms with Crippen molar-refractivity contribution in [3.63, 3.8) is 0 Å². The van der Waals surface area contributed by atoms with Crippen molar-refractivity contribution in [2.45, 2.75) is 45.3 Å². The summed E-state index contributed by atoms with van der Waals surface area (Å²) < 4.78 is 7.44. The molecular formula is C22H25N5O2S. The summed E-state index contributed by atoms with van der Waals surface area (Å²) in [7, 11) is 0. The van der Waals surface area contributed by atoms with Crippen LogP contribution in [0.5, 0.6) is 0 Å². The molecule has 156 valence electrons. The third-order valence-electron chi connectivity index (χ3n) is 5.18. The number of anilines is 2. The molecule has 1 unspecified atom stereocenters. The summed E-state index contributed by atoms with van der Waals surface area (Å²) in [5.41, 5.74) is 4.24. The molecule has 1 amide bonds. The van der Waals surface area contributed by atoms with Crippen molar-refractivity contribution in [3.05, 3.63) is 64.8 Å². The van der Waals surface area contributed by atoms with Crippen LogP contribution in [0.15, 0.2) is 57.4 Å². The lowest BCUT2D eigenvalue weighted by molar-refractivity contribution is -0.113. The molecule has 0 spiro atoms. The van der Waals surface area contributed by atoms with Gasteiger partial charge in [0, 0.05) is 17.1 Å². The molecule has 30 heavy (non-hydrogen) atoms. The Bertz CT molecular complexity index is 1100. The van der Waals surface area contributed by atoms with Crippen LogP contribution in [0.4, 0.5) is 11.6 Å². The summed E-state index contributed by atoms with van der Waals surface area (Å²) in [4.78, 5) is 18.0. The van der Waals surface area contributed by atoms with E-state index >= 15 is 0 Å². The van der Waals surface area contributed by atoms with Crippen LogP contribution in [0.1, 0.15) is 43.2 Å². The number of aryl methyl sites for hydroxylation is 1. The molecule has 4 rings (SSSR count). The van der Waals surface area contributed by atoms with Crippen molar-refractivity contribution in [2.24, 2.45) is 0 Å². The van der Waals surface area contributed by atoms with Gasteiger partial charge in [0.15, 0.2) is 0 Å². The molecule has 0 bridgehead atoms. The minimum atomic E-state index is -0.496. The van der Waals surface area contributed by atoms with E-state index in [-0.39, 0.29) is 5.91 Å². The molecule has 0 saturated heterocycles. The Morgan fingerprint density at radius 3 is 2.83 bits per heavy atom. The normalized spacial score (nSPS) is 15.7. The average molecular weight is 424 g/mol. The zero-order valence-corrected chi connectivity index (χ0v) is 18.3. The number of aromatic nitrogens is 3. The van der Waals surface area contributed by atoms with E-state index in [1.54, 1.807) is 22.7 Å². The molecule has 0 fully saturated rings. The number of fused-ring (bicyclic) bond motifs is 1. The summed E-state index contributed by atoms with van der Waals surface area (Å²) >= 11 is 1.60. The molecule has 0 radical (unpaired) electrons. The molecule has 8 heteroatoms. The number of nitrogens with zero attached hydrogens (tertiary/aromatic N) is 3. The van der Waals surface area contributed by atoms with Gasteiger partial charge in [0.2, 0.25) is 11.1 Å². The number of allylic oxidation sites excluding steroid dienone is 1. The van der Waals surface area contributed by atoms with Gasteiger partial charge in [-0.15, -0.1) is 5.10 Å². The monoisotopic (exact) mass is 423 g/mol. The van der Waals surface area contributed by atoms with E-state index in [0.29, 0.717) is 22.4 Å². The maximum Gasteiger partial charge on any atom is 0.256 e. The number of carbonyl (C=O) groups is 1. The molecule has 1 atom stereocenters. The highest BCUT2D eigenvalue weighted by atomic mass is 32.2. The second-order valence-electron chi connectivity index (χ2n) is 7.29. The van der Waals surface area contributed by atoms with Crippen LogP contribution in [0, 0.1) is 13.8 Å². The van der Waals surface area contributed by atoms with Crippen molar-refractivity contribution >= 4 is 29.3 Å². The number of hydrogen-bond donors (Lipinski definition) is 2. The zero-order chi connectivity index (χ0) is 21.3. The maximum absolute atomic E-state index is 13.4. The average Bonchev–Trinajstić information content (AvgIpc) is 3.38. The van der Waals surface area contributed by atoms with Crippen LogP contribution < -0.4 is 10.6 Å². The number of benzene rings is 1. The van der Waals surface area contributed by atoms with Crippen LogP contribution in [0.3, 0.4) is 0 Å². The summed E-state index contributed by atoms with van der Waals surface area (Å²) in [5, 5.41) is 11.7. The quantitative estimate of drug-likeness (QED) is 0.548. The molecule has 3 aromatic rings. The standard InChI is InChI=1S/C22H25N5O2S/c1-5-12-30-22-25-21-23-15(4)18(19(27(21)26-22)17-10-7-11-29-17)20(28)24-16-9-6-8-13(2)14(16)3/h6-11,19H,5,12H2,1-4H3,(H,24,28)(H,23,25,26). The van der Waals surface area contributed by atoms with E-state index < -0.39 is 6.04 Å². The molecule has 3 heterocycles. The molecule has 2 N–H and O–H groups in total. The van der Waals surface area contributed by atoms with Gasteiger partial charge < -0.3 is 15.1 Å². The minimum absolute atomic E-state index is 0.195. The van der Waals surface area contributed by atoms with Crippen molar-refractivity contribution in [3.8, 4) is 0 Å². The zero-order valence-electron chi connectivity index (χ0n) is 17.5. The first-order valence-electron chi connectivity index (χ1n) is 9.97. The summed E-state index contributed by atoms with van der Waals surface area (Å²) in [6.07, 6.45) is 2.64.